The molecule has 6 nitrogen and oxygen atoms in total. The molecule has 1 unspecified atom stereocenters. The van der Waals surface area contributed by atoms with Gasteiger partial charge in [-0.3, -0.25) is 14.5 Å². The molecule has 0 aliphatic carbocycles. The Labute approximate surface area is 147 Å². The Kier molecular flexibility index (Phi) is 5.19. The van der Waals surface area contributed by atoms with Gasteiger partial charge >= 0.3 is 0 Å². The van der Waals surface area contributed by atoms with Crippen molar-refractivity contribution in [3.8, 4) is 0 Å². The van der Waals surface area contributed by atoms with Crippen molar-refractivity contribution in [3.63, 3.8) is 0 Å². The first-order valence-corrected chi connectivity index (χ1v) is 8.56. The molecule has 1 aliphatic heterocycles. The number of aromatic nitrogens is 1. The second-order valence-electron chi connectivity index (χ2n) is 6.63. The van der Waals surface area contributed by atoms with Crippen molar-refractivity contribution in [2.75, 3.05) is 18.4 Å². The Morgan fingerprint density at radius 2 is 2.00 bits per heavy atom. The number of nitrogens with one attached hydrogen (secondary N) is 1. The lowest BCUT2D eigenvalue weighted by molar-refractivity contribution is -0.123. The van der Waals surface area contributed by atoms with Gasteiger partial charge in [-0.15, -0.1) is 0 Å². The average Bonchev–Trinajstić information content (AvgIpc) is 3.03. The van der Waals surface area contributed by atoms with E-state index in [1.807, 2.05) is 43.6 Å². The van der Waals surface area contributed by atoms with E-state index in [1.54, 1.807) is 10.6 Å². The zero-order chi connectivity index (χ0) is 17.8. The summed E-state index contributed by atoms with van der Waals surface area (Å²) in [4.78, 5) is 25.8. The number of likely N-dealkylation sites (tertiary alicyclic amines) is 1. The summed E-state index contributed by atoms with van der Waals surface area (Å²) in [5.41, 5.74) is 7.97. The van der Waals surface area contributed by atoms with E-state index >= 15 is 0 Å². The molecule has 0 radical (unpaired) electrons. The molecule has 0 spiro atoms. The molecular formula is C19H24N4O2. The number of benzene rings is 1. The van der Waals surface area contributed by atoms with Crippen LogP contribution in [0.15, 0.2) is 42.6 Å². The number of carbonyl (C=O) groups is 2. The zero-order valence-corrected chi connectivity index (χ0v) is 14.4. The minimum atomic E-state index is -0.205. The molecule has 1 fully saturated rings. The number of rotatable bonds is 5. The van der Waals surface area contributed by atoms with E-state index in [0.29, 0.717) is 5.69 Å². The number of anilines is 1. The first-order chi connectivity index (χ1) is 12.0. The summed E-state index contributed by atoms with van der Waals surface area (Å²) in [6.07, 6.45) is 3.73. The SMILES string of the molecule is Cn1cccc1C(=O)Nc1ccc(CN2CCCC(C(N)=O)C2)cc1. The summed E-state index contributed by atoms with van der Waals surface area (Å²) >= 11 is 0. The second-order valence-corrected chi connectivity index (χ2v) is 6.63. The van der Waals surface area contributed by atoms with Gasteiger partial charge in [0.1, 0.15) is 5.69 Å². The van der Waals surface area contributed by atoms with Gasteiger partial charge < -0.3 is 15.6 Å². The fourth-order valence-electron chi connectivity index (χ4n) is 3.28. The molecule has 0 bridgehead atoms. The van der Waals surface area contributed by atoms with Crippen molar-refractivity contribution < 1.29 is 9.59 Å². The third-order valence-corrected chi connectivity index (χ3v) is 4.70. The van der Waals surface area contributed by atoms with E-state index in [4.69, 9.17) is 5.73 Å². The Hall–Kier alpha value is -2.60. The lowest BCUT2D eigenvalue weighted by Crippen LogP contribution is -2.40. The number of piperidine rings is 1. The summed E-state index contributed by atoms with van der Waals surface area (Å²) in [5, 5.41) is 2.90. The maximum atomic E-state index is 12.2. The molecule has 2 amide bonds. The Bertz CT molecular complexity index is 751. The standard InChI is InChI=1S/C19H24N4O2/c1-22-10-3-5-17(22)19(25)21-16-8-6-14(7-9-16)12-23-11-2-4-15(13-23)18(20)24/h3,5-10,15H,2,4,11-13H2,1H3,(H2,20,24)(H,21,25). The van der Waals surface area contributed by atoms with Crippen LogP contribution in [-0.4, -0.2) is 34.4 Å². The second kappa shape index (κ2) is 7.53. The molecule has 1 aromatic heterocycles. The van der Waals surface area contributed by atoms with Gasteiger partial charge in [-0.25, -0.2) is 0 Å². The highest BCUT2D eigenvalue weighted by atomic mass is 16.2. The van der Waals surface area contributed by atoms with Crippen LogP contribution in [0.25, 0.3) is 0 Å². The van der Waals surface area contributed by atoms with Crippen LogP contribution in [0.2, 0.25) is 0 Å². The number of nitrogens with two attached hydrogens (primary N) is 1. The summed E-state index contributed by atoms with van der Waals surface area (Å²) < 4.78 is 1.79. The molecule has 1 atom stereocenters. The van der Waals surface area contributed by atoms with E-state index in [2.05, 4.69) is 10.2 Å². The molecule has 25 heavy (non-hydrogen) atoms. The first-order valence-electron chi connectivity index (χ1n) is 8.56. The summed E-state index contributed by atoms with van der Waals surface area (Å²) in [7, 11) is 1.84. The fourth-order valence-corrected chi connectivity index (χ4v) is 3.28. The predicted molar refractivity (Wildman–Crippen MR) is 97.0 cm³/mol. The van der Waals surface area contributed by atoms with Crippen molar-refractivity contribution in [1.82, 2.24) is 9.47 Å². The minimum Gasteiger partial charge on any atom is -0.369 e. The van der Waals surface area contributed by atoms with Crippen molar-refractivity contribution in [1.29, 1.82) is 0 Å². The van der Waals surface area contributed by atoms with Crippen LogP contribution in [0.4, 0.5) is 5.69 Å². The van der Waals surface area contributed by atoms with Gasteiger partial charge in [-0.05, 0) is 49.2 Å². The maximum absolute atomic E-state index is 12.2. The highest BCUT2D eigenvalue weighted by Gasteiger charge is 2.23. The van der Waals surface area contributed by atoms with Crippen LogP contribution >= 0.6 is 0 Å². The van der Waals surface area contributed by atoms with E-state index < -0.39 is 0 Å². The van der Waals surface area contributed by atoms with Crippen LogP contribution in [0.3, 0.4) is 0 Å². The summed E-state index contributed by atoms with van der Waals surface area (Å²) in [6.45, 7) is 2.49. The highest BCUT2D eigenvalue weighted by Crippen LogP contribution is 2.19. The molecular weight excluding hydrogens is 316 g/mol. The minimum absolute atomic E-state index is 0.0439. The number of amides is 2. The number of aryl methyl sites for hydroxylation is 1. The van der Waals surface area contributed by atoms with Crippen molar-refractivity contribution in [3.05, 3.63) is 53.9 Å². The molecule has 132 valence electrons. The molecule has 3 rings (SSSR count). The average molecular weight is 340 g/mol. The van der Waals surface area contributed by atoms with Gasteiger partial charge in [-0.1, -0.05) is 12.1 Å². The van der Waals surface area contributed by atoms with Crippen molar-refractivity contribution >= 4 is 17.5 Å². The summed E-state index contributed by atoms with van der Waals surface area (Å²) in [5.74, 6) is -0.374. The smallest absolute Gasteiger partial charge is 0.272 e. The first kappa shape index (κ1) is 17.2. The van der Waals surface area contributed by atoms with Crippen molar-refractivity contribution in [2.45, 2.75) is 19.4 Å². The molecule has 6 heteroatoms. The van der Waals surface area contributed by atoms with E-state index in [1.165, 1.54) is 0 Å². The third-order valence-electron chi connectivity index (χ3n) is 4.70. The van der Waals surface area contributed by atoms with Gasteiger partial charge in [0.05, 0.1) is 5.92 Å². The fraction of sp³-hybridized carbons (Fsp3) is 0.368. The Morgan fingerprint density at radius 1 is 1.24 bits per heavy atom. The van der Waals surface area contributed by atoms with Crippen LogP contribution in [-0.2, 0) is 18.4 Å². The van der Waals surface area contributed by atoms with Crippen LogP contribution in [0, 0.1) is 5.92 Å². The topological polar surface area (TPSA) is 80.4 Å². The van der Waals surface area contributed by atoms with E-state index in [0.717, 1.165) is 43.7 Å². The van der Waals surface area contributed by atoms with Gasteiger partial charge in [0.25, 0.3) is 5.91 Å². The van der Waals surface area contributed by atoms with Crippen LogP contribution in [0.1, 0.15) is 28.9 Å². The molecule has 0 saturated carbocycles. The van der Waals surface area contributed by atoms with Crippen LogP contribution in [0.5, 0.6) is 0 Å². The van der Waals surface area contributed by atoms with E-state index in [-0.39, 0.29) is 17.7 Å². The predicted octanol–water partition coefficient (Wildman–Crippen LogP) is 1.97. The molecule has 2 aromatic rings. The number of hydrogen-bond donors (Lipinski definition) is 2. The number of hydrogen-bond acceptors (Lipinski definition) is 3. The quantitative estimate of drug-likeness (QED) is 0.873. The number of primary amides is 1. The van der Waals surface area contributed by atoms with Gasteiger partial charge in [-0.2, -0.15) is 0 Å². The Morgan fingerprint density at radius 3 is 2.64 bits per heavy atom. The Balaban J connectivity index is 1.58. The maximum Gasteiger partial charge on any atom is 0.272 e. The molecule has 1 aliphatic rings. The van der Waals surface area contributed by atoms with Gasteiger partial charge in [0.15, 0.2) is 0 Å². The van der Waals surface area contributed by atoms with Gasteiger partial charge in [0.2, 0.25) is 5.91 Å². The van der Waals surface area contributed by atoms with Crippen LogP contribution < -0.4 is 11.1 Å². The lowest BCUT2D eigenvalue weighted by atomic mass is 9.97. The normalized spacial score (nSPS) is 18.0. The molecule has 2 heterocycles. The van der Waals surface area contributed by atoms with Crippen molar-refractivity contribution in [2.24, 2.45) is 18.7 Å². The largest absolute Gasteiger partial charge is 0.369 e. The third kappa shape index (κ3) is 4.28. The highest BCUT2D eigenvalue weighted by molar-refractivity contribution is 6.03. The van der Waals surface area contributed by atoms with Gasteiger partial charge in [0, 0.05) is 32.0 Å². The zero-order valence-electron chi connectivity index (χ0n) is 14.4. The number of carbonyl (C=O) groups excluding carboxylic acids is 2. The van der Waals surface area contributed by atoms with E-state index in [9.17, 15) is 9.59 Å². The molecule has 1 saturated heterocycles. The number of nitrogens with zero attached hydrogens (tertiary/aromatic N) is 2. The molecule has 1 aromatic carbocycles. The molecule has 3 N–H and O–H groups in total. The monoisotopic (exact) mass is 340 g/mol. The summed E-state index contributed by atoms with van der Waals surface area (Å²) in [6, 6.07) is 11.5. The lowest BCUT2D eigenvalue weighted by Gasteiger charge is -2.31.